The number of morpholine rings is 1. The standard InChI is InChI=1S/C16H18N2O2/c17-13-6-7-15(18-8-10-19-11-9-18)16(12-13)20-14-4-2-1-3-5-14/h1-7,12H,8-11,17H2. The molecule has 4 heteroatoms. The maximum Gasteiger partial charge on any atom is 0.152 e. The quantitative estimate of drug-likeness (QED) is 0.871. The van der Waals surface area contributed by atoms with Crippen LogP contribution in [0.25, 0.3) is 0 Å². The van der Waals surface area contributed by atoms with Gasteiger partial charge in [-0.3, -0.25) is 0 Å². The summed E-state index contributed by atoms with van der Waals surface area (Å²) in [5.41, 5.74) is 7.65. The third-order valence-corrected chi connectivity index (χ3v) is 3.31. The Kier molecular flexibility index (Phi) is 3.74. The normalized spacial score (nSPS) is 15.1. The van der Waals surface area contributed by atoms with Crippen LogP contribution in [0, 0.1) is 0 Å². The van der Waals surface area contributed by atoms with Crippen molar-refractivity contribution < 1.29 is 9.47 Å². The zero-order valence-corrected chi connectivity index (χ0v) is 11.3. The number of rotatable bonds is 3. The van der Waals surface area contributed by atoms with Crippen LogP contribution in [0.3, 0.4) is 0 Å². The minimum Gasteiger partial charge on any atom is -0.455 e. The first-order chi connectivity index (χ1) is 9.83. The largest absolute Gasteiger partial charge is 0.455 e. The van der Waals surface area contributed by atoms with Crippen LogP contribution in [0.1, 0.15) is 0 Å². The van der Waals surface area contributed by atoms with Gasteiger partial charge in [0, 0.05) is 24.8 Å². The van der Waals surface area contributed by atoms with E-state index in [1.165, 1.54) is 0 Å². The summed E-state index contributed by atoms with van der Waals surface area (Å²) in [4.78, 5) is 2.27. The highest BCUT2D eigenvalue weighted by Gasteiger charge is 2.16. The SMILES string of the molecule is Nc1ccc(N2CCOCC2)c(Oc2ccccc2)c1. The first kappa shape index (κ1) is 12.8. The average molecular weight is 270 g/mol. The molecule has 4 nitrogen and oxygen atoms in total. The number of hydrogen-bond acceptors (Lipinski definition) is 4. The van der Waals surface area contributed by atoms with E-state index in [0.29, 0.717) is 5.69 Å². The number of nitrogens with zero attached hydrogens (tertiary/aromatic N) is 1. The van der Waals surface area contributed by atoms with Crippen LogP contribution in [0.2, 0.25) is 0 Å². The van der Waals surface area contributed by atoms with Crippen molar-refractivity contribution in [2.24, 2.45) is 0 Å². The van der Waals surface area contributed by atoms with E-state index in [1.807, 2.05) is 48.5 Å². The van der Waals surface area contributed by atoms with E-state index < -0.39 is 0 Å². The van der Waals surface area contributed by atoms with Gasteiger partial charge < -0.3 is 20.1 Å². The number of para-hydroxylation sites is 1. The lowest BCUT2D eigenvalue weighted by atomic mass is 10.2. The molecule has 0 saturated carbocycles. The summed E-state index contributed by atoms with van der Waals surface area (Å²) in [5.74, 6) is 1.60. The highest BCUT2D eigenvalue weighted by molar-refractivity contribution is 5.65. The van der Waals surface area contributed by atoms with Crippen molar-refractivity contribution in [3.8, 4) is 11.5 Å². The summed E-state index contributed by atoms with van der Waals surface area (Å²) in [6.45, 7) is 3.23. The van der Waals surface area contributed by atoms with Crippen molar-refractivity contribution in [2.75, 3.05) is 36.9 Å². The van der Waals surface area contributed by atoms with Gasteiger partial charge >= 0.3 is 0 Å². The van der Waals surface area contributed by atoms with Crippen molar-refractivity contribution in [1.82, 2.24) is 0 Å². The van der Waals surface area contributed by atoms with Crippen LogP contribution in [-0.4, -0.2) is 26.3 Å². The molecule has 104 valence electrons. The molecule has 1 heterocycles. The molecule has 2 N–H and O–H groups in total. The highest BCUT2D eigenvalue weighted by atomic mass is 16.5. The lowest BCUT2D eigenvalue weighted by Crippen LogP contribution is -2.36. The van der Waals surface area contributed by atoms with Gasteiger partial charge in [0.25, 0.3) is 0 Å². The maximum atomic E-state index is 5.98. The van der Waals surface area contributed by atoms with Gasteiger partial charge in [-0.1, -0.05) is 18.2 Å². The molecule has 1 saturated heterocycles. The molecule has 1 aliphatic heterocycles. The van der Waals surface area contributed by atoms with E-state index in [2.05, 4.69) is 4.90 Å². The van der Waals surface area contributed by atoms with E-state index in [-0.39, 0.29) is 0 Å². The zero-order valence-electron chi connectivity index (χ0n) is 11.3. The molecule has 0 spiro atoms. The maximum absolute atomic E-state index is 5.98. The lowest BCUT2D eigenvalue weighted by molar-refractivity contribution is 0.122. The first-order valence-electron chi connectivity index (χ1n) is 6.78. The van der Waals surface area contributed by atoms with Gasteiger partial charge in [-0.15, -0.1) is 0 Å². The molecule has 2 aromatic carbocycles. The Morgan fingerprint density at radius 3 is 2.50 bits per heavy atom. The highest BCUT2D eigenvalue weighted by Crippen LogP contribution is 2.34. The Labute approximate surface area is 118 Å². The molecule has 1 fully saturated rings. The molecule has 0 bridgehead atoms. The van der Waals surface area contributed by atoms with E-state index in [9.17, 15) is 0 Å². The Balaban J connectivity index is 1.89. The van der Waals surface area contributed by atoms with E-state index in [1.54, 1.807) is 0 Å². The summed E-state index contributed by atoms with van der Waals surface area (Å²) in [5, 5.41) is 0. The number of ether oxygens (including phenoxy) is 2. The molecule has 1 aliphatic rings. The fourth-order valence-corrected chi connectivity index (χ4v) is 2.29. The van der Waals surface area contributed by atoms with E-state index >= 15 is 0 Å². The first-order valence-corrected chi connectivity index (χ1v) is 6.78. The Hall–Kier alpha value is -2.20. The lowest BCUT2D eigenvalue weighted by Gasteiger charge is -2.30. The van der Waals surface area contributed by atoms with Crippen molar-refractivity contribution in [3.63, 3.8) is 0 Å². The van der Waals surface area contributed by atoms with Crippen LogP contribution in [0.15, 0.2) is 48.5 Å². The second kappa shape index (κ2) is 5.84. The second-order valence-electron chi connectivity index (χ2n) is 4.74. The number of anilines is 2. The van der Waals surface area contributed by atoms with Gasteiger partial charge in [0.05, 0.1) is 18.9 Å². The van der Waals surface area contributed by atoms with Gasteiger partial charge in [-0.05, 0) is 24.3 Å². The minimum absolute atomic E-state index is 0.702. The third-order valence-electron chi connectivity index (χ3n) is 3.31. The van der Waals surface area contributed by atoms with Gasteiger partial charge in [0.15, 0.2) is 5.75 Å². The van der Waals surface area contributed by atoms with Crippen LogP contribution in [0.5, 0.6) is 11.5 Å². The number of hydrogen-bond donors (Lipinski definition) is 1. The smallest absolute Gasteiger partial charge is 0.152 e. The van der Waals surface area contributed by atoms with Crippen LogP contribution >= 0.6 is 0 Å². The Morgan fingerprint density at radius 2 is 1.75 bits per heavy atom. The second-order valence-corrected chi connectivity index (χ2v) is 4.74. The van der Waals surface area contributed by atoms with Crippen LogP contribution in [0.4, 0.5) is 11.4 Å². The van der Waals surface area contributed by atoms with Crippen LogP contribution < -0.4 is 15.4 Å². The van der Waals surface area contributed by atoms with Crippen molar-refractivity contribution in [1.29, 1.82) is 0 Å². The molecular weight excluding hydrogens is 252 g/mol. The number of nitrogen functional groups attached to an aromatic ring is 1. The van der Waals surface area contributed by atoms with Gasteiger partial charge in [0.2, 0.25) is 0 Å². The third kappa shape index (κ3) is 2.86. The molecule has 0 atom stereocenters. The predicted octanol–water partition coefficient (Wildman–Crippen LogP) is 2.90. The monoisotopic (exact) mass is 270 g/mol. The van der Waals surface area contributed by atoms with Gasteiger partial charge in [-0.25, -0.2) is 0 Å². The predicted molar refractivity (Wildman–Crippen MR) is 80.4 cm³/mol. The molecule has 0 amide bonds. The fourth-order valence-electron chi connectivity index (χ4n) is 2.29. The van der Waals surface area contributed by atoms with E-state index in [4.69, 9.17) is 15.2 Å². The molecule has 0 radical (unpaired) electrons. The summed E-state index contributed by atoms with van der Waals surface area (Å²) < 4.78 is 11.4. The van der Waals surface area contributed by atoms with Gasteiger partial charge in [0.1, 0.15) is 5.75 Å². The number of benzene rings is 2. The molecule has 0 aliphatic carbocycles. The van der Waals surface area contributed by atoms with Crippen molar-refractivity contribution >= 4 is 11.4 Å². The molecule has 2 aromatic rings. The fraction of sp³-hybridized carbons (Fsp3) is 0.250. The van der Waals surface area contributed by atoms with E-state index in [0.717, 1.165) is 43.5 Å². The molecule has 0 aromatic heterocycles. The summed E-state index contributed by atoms with van der Waals surface area (Å²) in [7, 11) is 0. The summed E-state index contributed by atoms with van der Waals surface area (Å²) in [6, 6.07) is 15.5. The summed E-state index contributed by atoms with van der Waals surface area (Å²) >= 11 is 0. The van der Waals surface area contributed by atoms with Crippen LogP contribution in [-0.2, 0) is 4.74 Å². The molecule has 0 unspecified atom stereocenters. The number of nitrogens with two attached hydrogens (primary N) is 1. The van der Waals surface area contributed by atoms with Crippen molar-refractivity contribution in [3.05, 3.63) is 48.5 Å². The Morgan fingerprint density at radius 1 is 1.00 bits per heavy atom. The molecule has 20 heavy (non-hydrogen) atoms. The average Bonchev–Trinajstić information content (AvgIpc) is 2.49. The minimum atomic E-state index is 0.702. The van der Waals surface area contributed by atoms with Gasteiger partial charge in [-0.2, -0.15) is 0 Å². The summed E-state index contributed by atoms with van der Waals surface area (Å²) in [6.07, 6.45) is 0. The topological polar surface area (TPSA) is 47.7 Å². The molecule has 3 rings (SSSR count). The zero-order chi connectivity index (χ0) is 13.8. The Bertz CT molecular complexity index is 566. The van der Waals surface area contributed by atoms with Crippen molar-refractivity contribution in [2.45, 2.75) is 0 Å². The molecular formula is C16H18N2O2.